The molecule has 0 aliphatic carbocycles. The summed E-state index contributed by atoms with van der Waals surface area (Å²) in [4.78, 5) is 0. The normalized spacial score (nSPS) is 11.3. The molecule has 0 unspecified atom stereocenters. The lowest BCUT2D eigenvalue weighted by Crippen LogP contribution is -2.18. The van der Waals surface area contributed by atoms with Crippen molar-refractivity contribution in [3.05, 3.63) is 64.4 Å². The Hall–Kier alpha value is -1.40. The molecule has 0 aliphatic rings. The van der Waals surface area contributed by atoms with Crippen molar-refractivity contribution in [2.45, 2.75) is 6.42 Å². The molecular weight excluding hydrogens is 345 g/mol. The average Bonchev–Trinajstić information content (AvgIpc) is 2.42. The zero-order chi connectivity index (χ0) is 14.6. The second kappa shape index (κ2) is 6.37. The predicted molar refractivity (Wildman–Crippen MR) is 81.7 cm³/mol. The van der Waals surface area contributed by atoms with Gasteiger partial charge >= 0.3 is 0 Å². The first-order chi connectivity index (χ1) is 9.46. The van der Waals surface area contributed by atoms with Gasteiger partial charge in [-0.1, -0.05) is 30.3 Å². The second-order valence-corrected chi connectivity index (χ2v) is 6.98. The van der Waals surface area contributed by atoms with Crippen LogP contribution in [0.5, 0.6) is 0 Å². The smallest absolute Gasteiger partial charge is 0.233 e. The summed E-state index contributed by atoms with van der Waals surface area (Å²) in [5.41, 5.74) is 1.15. The highest BCUT2D eigenvalue weighted by Gasteiger charge is 2.13. The van der Waals surface area contributed by atoms with Crippen LogP contribution >= 0.6 is 15.9 Å². The van der Waals surface area contributed by atoms with Crippen molar-refractivity contribution in [1.82, 2.24) is 0 Å². The Morgan fingerprint density at radius 3 is 2.50 bits per heavy atom. The molecule has 0 spiro atoms. The molecule has 2 rings (SSSR count). The maximum Gasteiger partial charge on any atom is 0.233 e. The van der Waals surface area contributed by atoms with E-state index in [1.165, 1.54) is 12.1 Å². The SMILES string of the molecule is O=S(=O)(CCc1ccccc1)Nc1cc(F)ccc1Br. The Labute approximate surface area is 126 Å². The molecule has 0 saturated heterocycles. The van der Waals surface area contributed by atoms with Gasteiger partial charge in [-0.15, -0.1) is 0 Å². The first-order valence-electron chi connectivity index (χ1n) is 5.96. The van der Waals surface area contributed by atoms with Crippen molar-refractivity contribution >= 4 is 31.6 Å². The molecule has 0 fully saturated rings. The molecule has 0 heterocycles. The molecule has 0 aromatic heterocycles. The average molecular weight is 358 g/mol. The van der Waals surface area contributed by atoms with E-state index >= 15 is 0 Å². The molecule has 0 bridgehead atoms. The van der Waals surface area contributed by atoms with Gasteiger partial charge in [-0.2, -0.15) is 0 Å². The lowest BCUT2D eigenvalue weighted by molar-refractivity contribution is 0.600. The van der Waals surface area contributed by atoms with E-state index in [4.69, 9.17) is 0 Å². The summed E-state index contributed by atoms with van der Waals surface area (Å²) < 4.78 is 40.0. The van der Waals surface area contributed by atoms with Gasteiger partial charge in [-0.3, -0.25) is 4.72 Å². The van der Waals surface area contributed by atoms with Crippen LogP contribution in [0.15, 0.2) is 53.0 Å². The van der Waals surface area contributed by atoms with E-state index in [0.29, 0.717) is 10.9 Å². The number of rotatable bonds is 5. The number of anilines is 1. The summed E-state index contributed by atoms with van der Waals surface area (Å²) in [5, 5.41) is 0. The van der Waals surface area contributed by atoms with Crippen molar-refractivity contribution in [3.63, 3.8) is 0 Å². The van der Waals surface area contributed by atoms with Gasteiger partial charge in [0.1, 0.15) is 5.82 Å². The maximum atomic E-state index is 13.1. The Morgan fingerprint density at radius 1 is 1.10 bits per heavy atom. The van der Waals surface area contributed by atoms with Gasteiger partial charge in [-0.05, 0) is 46.1 Å². The molecule has 0 radical (unpaired) electrons. The summed E-state index contributed by atoms with van der Waals surface area (Å²) in [6.45, 7) is 0. The molecule has 2 aromatic carbocycles. The summed E-state index contributed by atoms with van der Waals surface area (Å²) >= 11 is 3.19. The highest BCUT2D eigenvalue weighted by Crippen LogP contribution is 2.24. The van der Waals surface area contributed by atoms with E-state index in [2.05, 4.69) is 20.7 Å². The fourth-order valence-corrected chi connectivity index (χ4v) is 3.28. The molecule has 0 saturated carbocycles. The Balaban J connectivity index is 2.06. The molecule has 0 aliphatic heterocycles. The third-order valence-electron chi connectivity index (χ3n) is 2.70. The van der Waals surface area contributed by atoms with Crippen LogP contribution in [0.4, 0.5) is 10.1 Å². The van der Waals surface area contributed by atoms with Crippen LogP contribution in [0.3, 0.4) is 0 Å². The van der Waals surface area contributed by atoms with E-state index in [-0.39, 0.29) is 11.4 Å². The van der Waals surface area contributed by atoms with Gasteiger partial charge < -0.3 is 0 Å². The second-order valence-electron chi connectivity index (χ2n) is 4.28. The fourth-order valence-electron chi connectivity index (χ4n) is 1.69. The molecule has 0 atom stereocenters. The van der Waals surface area contributed by atoms with Gasteiger partial charge in [0, 0.05) is 4.47 Å². The van der Waals surface area contributed by atoms with Crippen molar-refractivity contribution in [2.75, 3.05) is 10.5 Å². The van der Waals surface area contributed by atoms with E-state index < -0.39 is 15.8 Å². The minimum Gasteiger partial charge on any atom is -0.282 e. The number of hydrogen-bond donors (Lipinski definition) is 1. The predicted octanol–water partition coefficient (Wildman–Crippen LogP) is 3.57. The molecule has 2 aromatic rings. The zero-order valence-electron chi connectivity index (χ0n) is 10.5. The van der Waals surface area contributed by atoms with Crippen LogP contribution in [0, 0.1) is 5.82 Å². The molecule has 6 heteroatoms. The quantitative estimate of drug-likeness (QED) is 0.888. The Morgan fingerprint density at radius 2 is 1.80 bits per heavy atom. The Kier molecular flexibility index (Phi) is 4.77. The highest BCUT2D eigenvalue weighted by molar-refractivity contribution is 9.10. The standard InChI is InChI=1S/C14H13BrFNO2S/c15-13-7-6-12(16)10-14(13)17-20(18,19)9-8-11-4-2-1-3-5-11/h1-7,10,17H,8-9H2. The first-order valence-corrected chi connectivity index (χ1v) is 8.40. The van der Waals surface area contributed by atoms with Crippen LogP contribution in [0.2, 0.25) is 0 Å². The topological polar surface area (TPSA) is 46.2 Å². The first kappa shape index (κ1) is 15.0. The largest absolute Gasteiger partial charge is 0.282 e. The highest BCUT2D eigenvalue weighted by atomic mass is 79.9. The molecule has 106 valence electrons. The lowest BCUT2D eigenvalue weighted by atomic mass is 10.2. The van der Waals surface area contributed by atoms with Crippen LogP contribution in [-0.2, 0) is 16.4 Å². The van der Waals surface area contributed by atoms with Crippen molar-refractivity contribution in [2.24, 2.45) is 0 Å². The molecule has 0 amide bonds. The number of nitrogens with one attached hydrogen (secondary N) is 1. The van der Waals surface area contributed by atoms with Gasteiger partial charge in [0.25, 0.3) is 0 Å². The van der Waals surface area contributed by atoms with Crippen LogP contribution in [0.25, 0.3) is 0 Å². The maximum absolute atomic E-state index is 13.1. The third kappa shape index (κ3) is 4.31. The summed E-state index contributed by atoms with van der Waals surface area (Å²) in [6.07, 6.45) is 0.406. The van der Waals surface area contributed by atoms with Gasteiger partial charge in [0.15, 0.2) is 0 Å². The number of sulfonamides is 1. The van der Waals surface area contributed by atoms with Gasteiger partial charge in [0.2, 0.25) is 10.0 Å². The van der Waals surface area contributed by atoms with Gasteiger partial charge in [-0.25, -0.2) is 12.8 Å². The molecule has 20 heavy (non-hydrogen) atoms. The van der Waals surface area contributed by atoms with Gasteiger partial charge in [0.05, 0.1) is 11.4 Å². The monoisotopic (exact) mass is 357 g/mol. The summed E-state index contributed by atoms with van der Waals surface area (Å²) in [6, 6.07) is 13.2. The van der Waals surface area contributed by atoms with Crippen molar-refractivity contribution in [1.29, 1.82) is 0 Å². The molecular formula is C14H13BrFNO2S. The minimum absolute atomic E-state index is 0.0556. The van der Waals surface area contributed by atoms with Crippen LogP contribution in [0.1, 0.15) is 5.56 Å². The van der Waals surface area contributed by atoms with Crippen molar-refractivity contribution < 1.29 is 12.8 Å². The van der Waals surface area contributed by atoms with Crippen molar-refractivity contribution in [3.8, 4) is 0 Å². The number of hydrogen-bond acceptors (Lipinski definition) is 2. The van der Waals surface area contributed by atoms with E-state index in [1.807, 2.05) is 30.3 Å². The minimum atomic E-state index is -3.52. The Bertz CT molecular complexity index is 690. The fraction of sp³-hybridized carbons (Fsp3) is 0.143. The molecule has 3 nitrogen and oxygen atoms in total. The van der Waals surface area contributed by atoms with E-state index in [9.17, 15) is 12.8 Å². The number of halogens is 2. The molecule has 1 N–H and O–H groups in total. The number of benzene rings is 2. The lowest BCUT2D eigenvalue weighted by Gasteiger charge is -2.10. The van der Waals surface area contributed by atoms with E-state index in [0.717, 1.165) is 11.6 Å². The van der Waals surface area contributed by atoms with E-state index in [1.54, 1.807) is 0 Å². The summed E-state index contributed by atoms with van der Waals surface area (Å²) in [7, 11) is -3.52. The number of aryl methyl sites for hydroxylation is 1. The third-order valence-corrected chi connectivity index (χ3v) is 4.66. The zero-order valence-corrected chi connectivity index (χ0v) is 12.9. The van der Waals surface area contributed by atoms with Crippen LogP contribution in [-0.4, -0.2) is 14.2 Å². The summed E-state index contributed by atoms with van der Waals surface area (Å²) in [5.74, 6) is -0.547. The van der Waals surface area contributed by atoms with Crippen LogP contribution < -0.4 is 4.72 Å².